The Labute approximate surface area is 129 Å². The number of ether oxygens (including phenoxy) is 1. The predicted molar refractivity (Wildman–Crippen MR) is 82.6 cm³/mol. The molecule has 0 saturated heterocycles. The van der Waals surface area contributed by atoms with Crippen LogP contribution in [0.25, 0.3) is 0 Å². The first-order chi connectivity index (χ1) is 9.79. The molecule has 1 unspecified atom stereocenters. The second-order valence-corrected chi connectivity index (χ2v) is 7.66. The Morgan fingerprint density at radius 1 is 1.48 bits per heavy atom. The van der Waals surface area contributed by atoms with Gasteiger partial charge in [-0.1, -0.05) is 17.3 Å². The minimum atomic E-state index is -3.52. The number of methoxy groups -OCH3 is 1. The molecule has 5 nitrogen and oxygen atoms in total. The lowest BCUT2D eigenvalue weighted by Crippen LogP contribution is -2.28. The van der Waals surface area contributed by atoms with Crippen LogP contribution in [0.4, 0.5) is 0 Å². The van der Waals surface area contributed by atoms with E-state index < -0.39 is 15.4 Å². The van der Waals surface area contributed by atoms with Crippen molar-refractivity contribution < 1.29 is 18.0 Å². The fourth-order valence-electron chi connectivity index (χ4n) is 2.04. The number of nitrogens with zero attached hydrogens (tertiary/aromatic N) is 1. The Balaban J connectivity index is 2.19. The van der Waals surface area contributed by atoms with E-state index in [4.69, 9.17) is 21.2 Å². The Morgan fingerprint density at radius 3 is 2.76 bits per heavy atom. The van der Waals surface area contributed by atoms with Gasteiger partial charge in [-0.3, -0.25) is 0 Å². The van der Waals surface area contributed by atoms with Gasteiger partial charge in [0.25, 0.3) is 0 Å². The number of alkyl halides is 1. The van der Waals surface area contributed by atoms with Gasteiger partial charge >= 0.3 is 0 Å². The third-order valence-electron chi connectivity index (χ3n) is 3.36. The molecule has 1 aromatic rings. The molecule has 0 aromatic heterocycles. The quantitative estimate of drug-likeness (QED) is 0.796. The molecule has 0 radical (unpaired) electrons. The average Bonchev–Trinajstić information content (AvgIpc) is 2.85. The zero-order chi connectivity index (χ0) is 15.7. The topological polar surface area (TPSA) is 65.0 Å². The van der Waals surface area contributed by atoms with Crippen LogP contribution < -0.4 is 4.74 Å². The van der Waals surface area contributed by atoms with Gasteiger partial charge in [0.05, 0.1) is 18.7 Å². The Kier molecular flexibility index (Phi) is 4.49. The van der Waals surface area contributed by atoms with Gasteiger partial charge < -0.3 is 9.57 Å². The van der Waals surface area contributed by atoms with Gasteiger partial charge in [0.1, 0.15) is 5.75 Å². The summed E-state index contributed by atoms with van der Waals surface area (Å²) in [5.74, 6) is 0.718. The summed E-state index contributed by atoms with van der Waals surface area (Å²) in [4.78, 5) is 5.14. The molecule has 0 aliphatic carbocycles. The van der Waals surface area contributed by atoms with Crippen LogP contribution in [0.15, 0.2) is 23.4 Å². The number of hydrogen-bond acceptors (Lipinski definition) is 5. The highest BCUT2D eigenvalue weighted by Crippen LogP contribution is 2.28. The molecule has 0 saturated carbocycles. The number of sulfone groups is 1. The zero-order valence-corrected chi connectivity index (χ0v) is 13.8. The number of hydrogen-bond donors (Lipinski definition) is 0. The Bertz CT molecular complexity index is 672. The summed E-state index contributed by atoms with van der Waals surface area (Å²) in [5.41, 5.74) is 0.865. The zero-order valence-electron chi connectivity index (χ0n) is 12.2. The Hall–Kier alpha value is -1.27. The van der Waals surface area contributed by atoms with Crippen molar-refractivity contribution in [3.63, 3.8) is 0 Å². The fourth-order valence-corrected chi connectivity index (χ4v) is 3.65. The first kappa shape index (κ1) is 16.1. The van der Waals surface area contributed by atoms with Gasteiger partial charge in [0.2, 0.25) is 0 Å². The summed E-state index contributed by atoms with van der Waals surface area (Å²) in [6.45, 7) is 3.64. The van der Waals surface area contributed by atoms with Crippen molar-refractivity contribution in [1.29, 1.82) is 0 Å². The minimum absolute atomic E-state index is 0.0465. The number of rotatable bonds is 4. The van der Waals surface area contributed by atoms with E-state index in [0.29, 0.717) is 11.3 Å². The van der Waals surface area contributed by atoms with Crippen LogP contribution in [0, 0.1) is 6.92 Å². The Morgan fingerprint density at radius 2 is 2.19 bits per heavy atom. The van der Waals surface area contributed by atoms with E-state index in [-0.39, 0.29) is 23.1 Å². The van der Waals surface area contributed by atoms with Crippen molar-refractivity contribution >= 4 is 26.5 Å². The van der Waals surface area contributed by atoms with Gasteiger partial charge in [-0.15, -0.1) is 11.6 Å². The second-order valence-electron chi connectivity index (χ2n) is 5.40. The minimum Gasteiger partial charge on any atom is -0.496 e. The lowest BCUT2D eigenvalue weighted by molar-refractivity contribution is 0.0152. The molecular formula is C14H18ClNO4S. The lowest BCUT2D eigenvalue weighted by Gasteiger charge is -2.16. The molecule has 1 atom stereocenters. The van der Waals surface area contributed by atoms with E-state index >= 15 is 0 Å². The van der Waals surface area contributed by atoms with Gasteiger partial charge in [-0.2, -0.15) is 0 Å². The normalized spacial score (nSPS) is 21.8. The molecule has 2 rings (SSSR count). The van der Waals surface area contributed by atoms with E-state index in [1.807, 2.05) is 13.0 Å². The third-order valence-corrected chi connectivity index (χ3v) is 5.58. The summed E-state index contributed by atoms with van der Waals surface area (Å²) >= 11 is 5.77. The average molecular weight is 332 g/mol. The molecule has 0 amide bonds. The molecule has 1 heterocycles. The smallest absolute Gasteiger partial charge is 0.199 e. The van der Waals surface area contributed by atoms with Crippen molar-refractivity contribution in [2.45, 2.75) is 31.6 Å². The maximum absolute atomic E-state index is 12.4. The summed E-state index contributed by atoms with van der Waals surface area (Å²) in [5, 5.41) is 3.75. The lowest BCUT2D eigenvalue weighted by atomic mass is 10.1. The van der Waals surface area contributed by atoms with Crippen LogP contribution in [0.5, 0.6) is 5.75 Å². The van der Waals surface area contributed by atoms with E-state index in [2.05, 4.69) is 5.16 Å². The van der Waals surface area contributed by atoms with Crippen molar-refractivity contribution in [2.75, 3.05) is 13.0 Å². The van der Waals surface area contributed by atoms with Gasteiger partial charge in [0.15, 0.2) is 20.5 Å². The highest BCUT2D eigenvalue weighted by atomic mass is 35.5. The van der Waals surface area contributed by atoms with Crippen molar-refractivity contribution in [2.24, 2.45) is 5.16 Å². The van der Waals surface area contributed by atoms with Gasteiger partial charge in [-0.25, -0.2) is 8.42 Å². The highest BCUT2D eigenvalue weighted by Gasteiger charge is 2.39. The third kappa shape index (κ3) is 3.49. The maximum atomic E-state index is 12.4. The molecule has 0 bridgehead atoms. The number of benzene rings is 1. The van der Waals surface area contributed by atoms with Crippen molar-refractivity contribution in [3.05, 3.63) is 29.3 Å². The van der Waals surface area contributed by atoms with E-state index in [0.717, 1.165) is 5.56 Å². The van der Waals surface area contributed by atoms with Gasteiger partial charge in [-0.05, 0) is 31.0 Å². The first-order valence-electron chi connectivity index (χ1n) is 6.47. The SMILES string of the molecule is COc1cc(CS(=O)(=O)C2=NOC(C)(CCl)C2)ccc1C. The number of oxime groups is 1. The highest BCUT2D eigenvalue weighted by molar-refractivity contribution is 8.05. The molecule has 21 heavy (non-hydrogen) atoms. The standard InChI is InChI=1S/C14H18ClNO4S/c1-10-4-5-11(6-12(10)19-3)8-21(17,18)13-7-14(2,9-15)20-16-13/h4-6H,7-9H2,1-3H3. The van der Waals surface area contributed by atoms with Crippen LogP contribution in [0.2, 0.25) is 0 Å². The number of aryl methyl sites for hydroxylation is 1. The molecule has 116 valence electrons. The van der Waals surface area contributed by atoms with Crippen LogP contribution in [0.3, 0.4) is 0 Å². The van der Waals surface area contributed by atoms with Crippen LogP contribution >= 0.6 is 11.6 Å². The predicted octanol–water partition coefficient (Wildman–Crippen LogP) is 2.65. The molecule has 1 aliphatic rings. The largest absolute Gasteiger partial charge is 0.496 e. The molecule has 1 aliphatic heterocycles. The van der Waals surface area contributed by atoms with Crippen molar-refractivity contribution in [3.8, 4) is 5.75 Å². The molecule has 0 spiro atoms. The fraction of sp³-hybridized carbons (Fsp3) is 0.500. The summed E-state index contributed by atoms with van der Waals surface area (Å²) in [6, 6.07) is 5.33. The van der Waals surface area contributed by atoms with E-state index in [1.165, 1.54) is 0 Å². The monoisotopic (exact) mass is 331 g/mol. The summed E-state index contributed by atoms with van der Waals surface area (Å²) < 4.78 is 30.0. The number of halogens is 1. The molecule has 1 aromatic carbocycles. The molecule has 0 fully saturated rings. The molecule has 7 heteroatoms. The van der Waals surface area contributed by atoms with Gasteiger partial charge in [0, 0.05) is 6.42 Å². The van der Waals surface area contributed by atoms with Crippen molar-refractivity contribution in [1.82, 2.24) is 0 Å². The maximum Gasteiger partial charge on any atom is 0.199 e. The van der Waals surface area contributed by atoms with Crippen LogP contribution in [0.1, 0.15) is 24.5 Å². The van der Waals surface area contributed by atoms with E-state index in [1.54, 1.807) is 26.2 Å². The second kappa shape index (κ2) is 5.85. The van der Waals surface area contributed by atoms with Crippen LogP contribution in [-0.2, 0) is 20.4 Å². The molecular weight excluding hydrogens is 314 g/mol. The van der Waals surface area contributed by atoms with Crippen LogP contribution in [-0.4, -0.2) is 32.1 Å². The van der Waals surface area contributed by atoms with E-state index in [9.17, 15) is 8.42 Å². The first-order valence-corrected chi connectivity index (χ1v) is 8.66. The summed E-state index contributed by atoms with van der Waals surface area (Å²) in [7, 11) is -1.96. The summed E-state index contributed by atoms with van der Waals surface area (Å²) in [6.07, 6.45) is 0.196. The molecule has 0 N–H and O–H groups in total.